The minimum absolute atomic E-state index is 0.0726. The van der Waals surface area contributed by atoms with Crippen LogP contribution in [0.3, 0.4) is 0 Å². The Hall–Kier alpha value is 0.300. The third kappa shape index (κ3) is 2.62. The average Bonchev–Trinajstić information content (AvgIpc) is 2.45. The highest BCUT2D eigenvalue weighted by molar-refractivity contribution is 9.10. The zero-order valence-corrected chi connectivity index (χ0v) is 10.5. The Morgan fingerprint density at radius 1 is 1.77 bits per heavy atom. The van der Waals surface area contributed by atoms with Crippen molar-refractivity contribution in [3.63, 3.8) is 0 Å². The van der Waals surface area contributed by atoms with E-state index in [2.05, 4.69) is 29.1 Å². The molecule has 1 amide bonds. The molecule has 1 aliphatic rings. The molecule has 0 aromatic rings. The first-order valence-electron chi connectivity index (χ1n) is 4.64. The quantitative estimate of drug-likeness (QED) is 0.726. The highest BCUT2D eigenvalue weighted by Crippen LogP contribution is 2.23. The van der Waals surface area contributed by atoms with E-state index >= 15 is 0 Å². The predicted octanol–water partition coefficient (Wildman–Crippen LogP) is 2.12. The van der Waals surface area contributed by atoms with E-state index in [1.807, 2.05) is 16.7 Å². The fraction of sp³-hybridized carbons (Fsp3) is 0.889. The minimum Gasteiger partial charge on any atom is -0.338 e. The molecular weight excluding hydrogens is 250 g/mol. The van der Waals surface area contributed by atoms with Crippen LogP contribution >= 0.6 is 27.7 Å². The third-order valence-electron chi connectivity index (χ3n) is 2.45. The lowest BCUT2D eigenvalue weighted by atomic mass is 10.2. The molecule has 0 N–H and O–H groups in total. The van der Waals surface area contributed by atoms with Crippen molar-refractivity contribution < 1.29 is 4.79 Å². The van der Waals surface area contributed by atoms with Gasteiger partial charge in [0.15, 0.2) is 0 Å². The van der Waals surface area contributed by atoms with Gasteiger partial charge in [0.05, 0.1) is 4.83 Å². The Morgan fingerprint density at radius 3 is 2.85 bits per heavy atom. The normalized spacial score (nSPS) is 25.3. The van der Waals surface area contributed by atoms with Crippen molar-refractivity contribution in [2.45, 2.75) is 30.6 Å². The van der Waals surface area contributed by atoms with E-state index in [1.165, 1.54) is 0 Å². The van der Waals surface area contributed by atoms with Gasteiger partial charge in [0.1, 0.15) is 0 Å². The summed E-state index contributed by atoms with van der Waals surface area (Å²) < 4.78 is 0. The highest BCUT2D eigenvalue weighted by Gasteiger charge is 2.33. The van der Waals surface area contributed by atoms with Gasteiger partial charge < -0.3 is 4.90 Å². The molecule has 2 atom stereocenters. The van der Waals surface area contributed by atoms with Crippen molar-refractivity contribution in [1.29, 1.82) is 0 Å². The molecule has 1 aliphatic heterocycles. The van der Waals surface area contributed by atoms with Crippen LogP contribution in [-0.4, -0.2) is 40.2 Å². The Morgan fingerprint density at radius 2 is 2.46 bits per heavy atom. The van der Waals surface area contributed by atoms with Crippen LogP contribution in [0.1, 0.15) is 19.8 Å². The molecular formula is C9H16BrNOS. The molecule has 0 aliphatic carbocycles. The largest absolute Gasteiger partial charge is 0.338 e. The van der Waals surface area contributed by atoms with Crippen molar-refractivity contribution in [3.8, 4) is 0 Å². The summed E-state index contributed by atoms with van der Waals surface area (Å²) in [6.45, 7) is 3.07. The molecule has 13 heavy (non-hydrogen) atoms. The van der Waals surface area contributed by atoms with Crippen LogP contribution in [0.25, 0.3) is 0 Å². The number of halogens is 1. The first-order valence-corrected chi connectivity index (χ1v) is 6.95. The van der Waals surface area contributed by atoms with E-state index in [0.29, 0.717) is 6.04 Å². The summed E-state index contributed by atoms with van der Waals surface area (Å²) in [7, 11) is 0. The number of likely N-dealkylation sites (tertiary alicyclic amines) is 1. The fourth-order valence-corrected chi connectivity index (χ4v) is 2.92. The SMILES string of the molecule is CCC(CSC)N1CCC(Br)C1=O. The van der Waals surface area contributed by atoms with Crippen LogP contribution < -0.4 is 0 Å². The Bertz CT molecular complexity index is 188. The van der Waals surface area contributed by atoms with E-state index in [0.717, 1.165) is 25.1 Å². The van der Waals surface area contributed by atoms with Gasteiger partial charge in [0.25, 0.3) is 0 Å². The summed E-state index contributed by atoms with van der Waals surface area (Å²) in [6.07, 6.45) is 4.12. The summed E-state index contributed by atoms with van der Waals surface area (Å²) in [5.41, 5.74) is 0. The summed E-state index contributed by atoms with van der Waals surface area (Å²) in [5.74, 6) is 1.34. The van der Waals surface area contributed by atoms with Crippen molar-refractivity contribution in [2.75, 3.05) is 18.6 Å². The van der Waals surface area contributed by atoms with Gasteiger partial charge in [-0.1, -0.05) is 22.9 Å². The second-order valence-electron chi connectivity index (χ2n) is 3.31. The van der Waals surface area contributed by atoms with E-state index in [9.17, 15) is 4.79 Å². The Balaban J connectivity index is 2.54. The topological polar surface area (TPSA) is 20.3 Å². The number of nitrogens with zero attached hydrogens (tertiary/aromatic N) is 1. The molecule has 0 spiro atoms. The van der Waals surface area contributed by atoms with Gasteiger partial charge in [-0.3, -0.25) is 4.79 Å². The maximum atomic E-state index is 11.7. The zero-order valence-electron chi connectivity index (χ0n) is 8.12. The van der Waals surface area contributed by atoms with E-state index in [1.54, 1.807) is 0 Å². The lowest BCUT2D eigenvalue weighted by molar-refractivity contribution is -0.128. The second kappa shape index (κ2) is 5.25. The maximum absolute atomic E-state index is 11.7. The number of carbonyl (C=O) groups is 1. The van der Waals surface area contributed by atoms with Gasteiger partial charge >= 0.3 is 0 Å². The molecule has 4 heteroatoms. The number of thioether (sulfide) groups is 1. The van der Waals surface area contributed by atoms with Crippen LogP contribution in [0, 0.1) is 0 Å². The second-order valence-corrected chi connectivity index (χ2v) is 5.32. The molecule has 1 heterocycles. The molecule has 1 rings (SSSR count). The van der Waals surface area contributed by atoms with E-state index < -0.39 is 0 Å². The monoisotopic (exact) mass is 265 g/mol. The lowest BCUT2D eigenvalue weighted by Gasteiger charge is -2.26. The average molecular weight is 266 g/mol. The number of rotatable bonds is 4. The molecule has 0 aromatic carbocycles. The summed E-state index contributed by atoms with van der Waals surface area (Å²) in [5, 5.41) is 0. The Kier molecular flexibility index (Phi) is 4.59. The number of amides is 1. The van der Waals surface area contributed by atoms with Crippen LogP contribution in [-0.2, 0) is 4.79 Å². The molecule has 1 saturated heterocycles. The van der Waals surface area contributed by atoms with Crippen LogP contribution in [0.15, 0.2) is 0 Å². The molecule has 2 unspecified atom stereocenters. The zero-order chi connectivity index (χ0) is 9.84. The summed E-state index contributed by atoms with van der Waals surface area (Å²) >= 11 is 5.21. The molecule has 0 aromatic heterocycles. The van der Waals surface area contributed by atoms with Crippen molar-refractivity contribution >= 4 is 33.6 Å². The number of carbonyl (C=O) groups excluding carboxylic acids is 1. The standard InChI is InChI=1S/C9H16BrNOS/c1-3-7(6-13-2)11-5-4-8(10)9(11)12/h7-8H,3-6H2,1-2H3. The predicted molar refractivity (Wildman–Crippen MR) is 61.5 cm³/mol. The van der Waals surface area contributed by atoms with Crippen LogP contribution in [0.5, 0.6) is 0 Å². The van der Waals surface area contributed by atoms with Crippen LogP contribution in [0.4, 0.5) is 0 Å². The van der Waals surface area contributed by atoms with E-state index in [4.69, 9.17) is 0 Å². The molecule has 0 bridgehead atoms. The minimum atomic E-state index is 0.0726. The molecule has 0 radical (unpaired) electrons. The van der Waals surface area contributed by atoms with Gasteiger partial charge in [0.2, 0.25) is 5.91 Å². The fourth-order valence-electron chi connectivity index (χ4n) is 1.65. The van der Waals surface area contributed by atoms with E-state index in [-0.39, 0.29) is 10.7 Å². The first-order chi connectivity index (χ1) is 6.20. The Labute approximate surface area is 92.6 Å². The number of hydrogen-bond donors (Lipinski definition) is 0. The molecule has 1 fully saturated rings. The first kappa shape index (κ1) is 11.4. The van der Waals surface area contributed by atoms with Gasteiger partial charge in [-0.25, -0.2) is 0 Å². The van der Waals surface area contributed by atoms with Gasteiger partial charge in [0, 0.05) is 18.3 Å². The van der Waals surface area contributed by atoms with Gasteiger partial charge in [-0.05, 0) is 19.1 Å². The van der Waals surface area contributed by atoms with Gasteiger partial charge in [-0.15, -0.1) is 0 Å². The molecule has 2 nitrogen and oxygen atoms in total. The van der Waals surface area contributed by atoms with Crippen molar-refractivity contribution in [3.05, 3.63) is 0 Å². The lowest BCUT2D eigenvalue weighted by Crippen LogP contribution is -2.38. The summed E-state index contributed by atoms with van der Waals surface area (Å²) in [4.78, 5) is 13.7. The van der Waals surface area contributed by atoms with Gasteiger partial charge in [-0.2, -0.15) is 11.8 Å². The van der Waals surface area contributed by atoms with Crippen molar-refractivity contribution in [1.82, 2.24) is 4.90 Å². The van der Waals surface area contributed by atoms with Crippen molar-refractivity contribution in [2.24, 2.45) is 0 Å². The number of alkyl halides is 1. The molecule has 0 saturated carbocycles. The van der Waals surface area contributed by atoms with Crippen LogP contribution in [0.2, 0.25) is 0 Å². The summed E-state index contributed by atoms with van der Waals surface area (Å²) in [6, 6.07) is 0.435. The smallest absolute Gasteiger partial charge is 0.236 e. The maximum Gasteiger partial charge on any atom is 0.236 e. The third-order valence-corrected chi connectivity index (χ3v) is 4.01. The molecule has 76 valence electrons. The highest BCUT2D eigenvalue weighted by atomic mass is 79.9. The number of hydrogen-bond acceptors (Lipinski definition) is 2.